The van der Waals surface area contributed by atoms with Gasteiger partial charge in [-0.25, -0.2) is 9.97 Å². The van der Waals surface area contributed by atoms with Gasteiger partial charge in [-0.15, -0.1) is 5.10 Å². The maximum atomic E-state index is 12.5. The molecule has 0 atom stereocenters. The number of nitrogens with one attached hydrogen (secondary N) is 2. The van der Waals surface area contributed by atoms with Crippen molar-refractivity contribution in [3.8, 4) is 11.4 Å². The van der Waals surface area contributed by atoms with Crippen molar-refractivity contribution in [1.29, 1.82) is 0 Å². The predicted octanol–water partition coefficient (Wildman–Crippen LogP) is 4.69. The number of hydrogen-bond donors (Lipinski definition) is 2. The molecule has 160 valence electrons. The monoisotopic (exact) mass is 529 g/mol. The summed E-state index contributed by atoms with van der Waals surface area (Å²) < 4.78 is 0. The Morgan fingerprint density at radius 2 is 1.65 bits per heavy atom. The zero-order valence-electron chi connectivity index (χ0n) is 17.6. The van der Waals surface area contributed by atoms with E-state index in [0.717, 1.165) is 16.5 Å². The number of hydrogen-bond acceptors (Lipinski definition) is 6. The highest BCUT2D eigenvalue weighted by atomic mass is 127. The van der Waals surface area contributed by atoms with E-state index in [1.54, 1.807) is 4.90 Å². The van der Waals surface area contributed by atoms with Crippen LogP contribution in [0.2, 0.25) is 0 Å². The molecule has 0 saturated heterocycles. The minimum Gasteiger partial charge on any atom is -0.337 e. The van der Waals surface area contributed by atoms with Crippen molar-refractivity contribution in [1.82, 2.24) is 30.0 Å². The van der Waals surface area contributed by atoms with Crippen molar-refractivity contribution in [2.75, 3.05) is 23.3 Å². The highest BCUT2D eigenvalue weighted by Gasteiger charge is 2.18. The van der Waals surface area contributed by atoms with E-state index in [0.29, 0.717) is 24.7 Å². The minimum atomic E-state index is -0.187. The van der Waals surface area contributed by atoms with E-state index in [4.69, 9.17) is 0 Å². The summed E-state index contributed by atoms with van der Waals surface area (Å²) in [6.45, 7) is 5.07. The Morgan fingerprint density at radius 3 is 2.35 bits per heavy atom. The largest absolute Gasteiger partial charge is 0.337 e. The van der Waals surface area contributed by atoms with Gasteiger partial charge in [-0.05, 0) is 30.9 Å². The molecule has 0 aliphatic carbocycles. The fourth-order valence-corrected chi connectivity index (χ4v) is 3.07. The number of carbonyl (C=O) groups is 1. The first-order chi connectivity index (χ1) is 15.2. The van der Waals surface area contributed by atoms with Crippen LogP contribution in [0.15, 0.2) is 54.6 Å². The molecule has 0 aliphatic heterocycles. The summed E-state index contributed by atoms with van der Waals surface area (Å²) in [5, 5.41) is 10.8. The summed E-state index contributed by atoms with van der Waals surface area (Å²) in [7, 11) is 0. The average Bonchev–Trinajstić information content (AvgIpc) is 3.30. The molecule has 2 aromatic carbocycles. The summed E-state index contributed by atoms with van der Waals surface area (Å²) in [6, 6.07) is 17.5. The lowest BCUT2D eigenvalue weighted by molar-refractivity contribution is 0.0761. The van der Waals surface area contributed by atoms with Crippen LogP contribution in [0.25, 0.3) is 22.3 Å². The van der Waals surface area contributed by atoms with Gasteiger partial charge in [0.05, 0.1) is 5.52 Å². The van der Waals surface area contributed by atoms with E-state index < -0.39 is 0 Å². The van der Waals surface area contributed by atoms with E-state index >= 15 is 0 Å². The van der Waals surface area contributed by atoms with Gasteiger partial charge in [0, 0.05) is 24.0 Å². The third-order valence-electron chi connectivity index (χ3n) is 4.60. The molecule has 2 heterocycles. The van der Waals surface area contributed by atoms with Crippen LogP contribution in [0.4, 0.5) is 11.8 Å². The molecule has 8 nitrogen and oxygen atoms in total. The second-order valence-electron chi connectivity index (χ2n) is 6.39. The third-order valence-corrected chi connectivity index (χ3v) is 4.60. The van der Waals surface area contributed by atoms with Gasteiger partial charge in [-0.2, -0.15) is 4.98 Å². The lowest BCUT2D eigenvalue weighted by Gasteiger charge is -2.16. The maximum absolute atomic E-state index is 12.5. The van der Waals surface area contributed by atoms with Crippen molar-refractivity contribution in [3.63, 3.8) is 0 Å². The van der Waals surface area contributed by atoms with E-state index in [1.165, 1.54) is 0 Å². The van der Waals surface area contributed by atoms with Crippen molar-refractivity contribution < 1.29 is 4.79 Å². The van der Waals surface area contributed by atoms with Crippen LogP contribution >= 0.6 is 22.6 Å². The second-order valence-corrected chi connectivity index (χ2v) is 6.39. The number of carbonyl (C=O) groups excluding carboxylic acids is 1. The molecular formula is C22H24IN7O. The van der Waals surface area contributed by atoms with Crippen LogP contribution in [-0.2, 0) is 0 Å². The Hall–Kier alpha value is -3.08. The molecule has 31 heavy (non-hydrogen) atoms. The number of aromatic nitrogens is 5. The minimum absolute atomic E-state index is 0.187. The zero-order chi connectivity index (χ0) is 22.2. The van der Waals surface area contributed by atoms with Crippen molar-refractivity contribution in [2.45, 2.75) is 13.8 Å². The van der Waals surface area contributed by atoms with Crippen LogP contribution in [0.3, 0.4) is 0 Å². The average molecular weight is 529 g/mol. The molecule has 2 aromatic heterocycles. The van der Waals surface area contributed by atoms with E-state index in [2.05, 4.69) is 53.1 Å². The topological polar surface area (TPSA) is 99.7 Å². The highest BCUT2D eigenvalue weighted by molar-refractivity contribution is 14.1. The Morgan fingerprint density at radius 1 is 0.968 bits per heavy atom. The smallest absolute Gasteiger partial charge is 0.291 e. The molecule has 9 heteroatoms. The summed E-state index contributed by atoms with van der Waals surface area (Å²) in [4.78, 5) is 29.8. The van der Waals surface area contributed by atoms with Gasteiger partial charge in [0.2, 0.25) is 11.8 Å². The summed E-state index contributed by atoms with van der Waals surface area (Å²) in [6.07, 6.45) is 0. The number of halogens is 1. The van der Waals surface area contributed by atoms with Gasteiger partial charge in [0.15, 0.2) is 5.82 Å². The first-order valence-corrected chi connectivity index (χ1v) is 12.0. The third kappa shape index (κ3) is 5.16. The number of anilines is 2. The Kier molecular flexibility index (Phi) is 7.88. The number of H-pyrrole nitrogens is 1. The lowest BCUT2D eigenvalue weighted by Crippen LogP contribution is -2.31. The normalized spacial score (nSPS) is 10.3. The van der Waals surface area contributed by atoms with Crippen LogP contribution in [-0.4, -0.2) is 54.0 Å². The molecule has 0 bridgehead atoms. The van der Waals surface area contributed by atoms with Crippen molar-refractivity contribution in [2.24, 2.45) is 0 Å². The first-order valence-electron chi connectivity index (χ1n) is 9.88. The van der Waals surface area contributed by atoms with Crippen LogP contribution in [0.5, 0.6) is 0 Å². The second kappa shape index (κ2) is 10.8. The van der Waals surface area contributed by atoms with Gasteiger partial charge >= 0.3 is 0 Å². The molecule has 0 saturated carbocycles. The molecule has 0 radical (unpaired) electrons. The van der Waals surface area contributed by atoms with Gasteiger partial charge in [0.1, 0.15) is 5.82 Å². The molecule has 1 amide bonds. The Bertz CT molecular complexity index is 1140. The van der Waals surface area contributed by atoms with E-state index in [1.807, 2.05) is 73.4 Å². The summed E-state index contributed by atoms with van der Waals surface area (Å²) >= 11 is 2.15. The van der Waals surface area contributed by atoms with Crippen molar-refractivity contribution >= 4 is 51.2 Å². The summed E-state index contributed by atoms with van der Waals surface area (Å²) in [5.41, 5.74) is 1.72. The van der Waals surface area contributed by atoms with Gasteiger partial charge in [0.25, 0.3) is 5.91 Å². The number of para-hydroxylation sites is 1. The van der Waals surface area contributed by atoms with Gasteiger partial charge in [-0.3, -0.25) is 9.89 Å². The number of alkyl halides is 1. The molecule has 0 fully saturated rings. The molecule has 4 rings (SSSR count). The van der Waals surface area contributed by atoms with Crippen LogP contribution in [0, 0.1) is 0 Å². The number of aromatic amines is 1. The Labute approximate surface area is 194 Å². The number of benzene rings is 2. The first kappa shape index (κ1) is 22.6. The summed E-state index contributed by atoms with van der Waals surface area (Å²) in [5.74, 6) is 1.46. The van der Waals surface area contributed by atoms with Crippen LogP contribution in [0.1, 0.15) is 24.5 Å². The maximum Gasteiger partial charge on any atom is 0.291 e. The zero-order valence-corrected chi connectivity index (χ0v) is 19.8. The number of nitrogens with zero attached hydrogens (tertiary/aromatic N) is 5. The molecule has 0 spiro atoms. The molecule has 0 aliphatic rings. The fraction of sp³-hybridized carbons (Fsp3) is 0.227. The Balaban J connectivity index is 0.00000132. The van der Waals surface area contributed by atoms with Crippen LogP contribution < -0.4 is 5.32 Å². The van der Waals surface area contributed by atoms with Gasteiger partial charge < -0.3 is 10.2 Å². The lowest BCUT2D eigenvalue weighted by atomic mass is 10.2. The standard InChI is InChI=1S/C21H21N7O.CH3I/c1-3-28(4-2)20(29)19-25-21(27-26-19)24-18-15-12-8-9-13-16(15)22-17(23-18)14-10-6-5-7-11-14;1-2/h5-13H,3-4H2,1-2H3,(H2,22,23,24,25,26,27);1H3. The molecule has 4 aromatic rings. The van der Waals surface area contributed by atoms with Gasteiger partial charge in [-0.1, -0.05) is 65.1 Å². The molecule has 2 N–H and O–H groups in total. The van der Waals surface area contributed by atoms with E-state index in [-0.39, 0.29) is 17.7 Å². The fourth-order valence-electron chi connectivity index (χ4n) is 3.07. The van der Waals surface area contributed by atoms with Crippen molar-refractivity contribution in [3.05, 3.63) is 60.4 Å². The quantitative estimate of drug-likeness (QED) is 0.278. The number of amides is 1. The van der Waals surface area contributed by atoms with E-state index in [9.17, 15) is 4.79 Å². The number of fused-ring (bicyclic) bond motifs is 1. The SMILES string of the molecule is CCN(CC)C(=O)c1nc(Nc2nc(-c3ccccc3)nc3ccccc23)n[nH]1.CI. The molecule has 0 unspecified atom stereocenters. The molecular weight excluding hydrogens is 505 g/mol. The highest BCUT2D eigenvalue weighted by Crippen LogP contribution is 2.26. The predicted molar refractivity (Wildman–Crippen MR) is 132 cm³/mol. The number of rotatable bonds is 6.